The van der Waals surface area contributed by atoms with Crippen LogP contribution in [0.15, 0.2) is 53.1 Å². The number of methoxy groups -OCH3 is 1. The van der Waals surface area contributed by atoms with E-state index in [9.17, 15) is 9.90 Å². The molecule has 0 aliphatic carbocycles. The van der Waals surface area contributed by atoms with Crippen LogP contribution in [0.2, 0.25) is 0 Å². The van der Waals surface area contributed by atoms with Crippen molar-refractivity contribution in [2.24, 2.45) is 11.3 Å². The van der Waals surface area contributed by atoms with E-state index in [1.54, 1.807) is 26.4 Å². The number of ether oxygens (including phenoxy) is 1. The molecule has 2 saturated heterocycles. The molecule has 1 unspecified atom stereocenters. The van der Waals surface area contributed by atoms with Gasteiger partial charge >= 0.3 is 0 Å². The third-order valence-corrected chi connectivity index (χ3v) is 7.62. The van der Waals surface area contributed by atoms with Crippen molar-refractivity contribution in [3.8, 4) is 17.0 Å². The van der Waals surface area contributed by atoms with E-state index < -0.39 is 0 Å². The highest BCUT2D eigenvalue weighted by atomic mass is 16.5. The lowest BCUT2D eigenvalue weighted by Crippen LogP contribution is -2.72. The van der Waals surface area contributed by atoms with Gasteiger partial charge in [0.1, 0.15) is 12.0 Å². The van der Waals surface area contributed by atoms with E-state index in [2.05, 4.69) is 48.1 Å². The summed E-state index contributed by atoms with van der Waals surface area (Å²) >= 11 is 0. The van der Waals surface area contributed by atoms with Gasteiger partial charge in [-0.3, -0.25) is 0 Å². The number of fused-ring (bicyclic) bond motifs is 1. The number of aromatic nitrogens is 3. The fourth-order valence-electron chi connectivity index (χ4n) is 5.57. The van der Waals surface area contributed by atoms with Crippen LogP contribution < -0.4 is 9.80 Å². The van der Waals surface area contributed by atoms with Crippen LogP contribution in [-0.4, -0.2) is 67.1 Å². The van der Waals surface area contributed by atoms with Crippen molar-refractivity contribution in [3.05, 3.63) is 59.9 Å². The van der Waals surface area contributed by atoms with Gasteiger partial charge in [-0.15, -0.1) is 10.2 Å². The molecule has 1 N–H and O–H groups in total. The standard InChI is InChI=1S/C28H29N5O3.C2H6O/c1-17(2)22(12-34)26-18(3)27(31-36-26)33-15-28(16-33)13-32(14-28)20-9-8-19-10-24(30-29-23(19)11-20)21-6-4-5-7-25(21)35;1-3-2/h4-12,17,22,35H,13-16H2,1-3H3;1-2H3. The normalized spacial score (nSPS) is 16.5. The molecule has 2 aliphatic rings. The number of carbonyl (C=O) groups excluding carboxylic acids is 1. The number of aromatic hydroxyl groups is 1. The summed E-state index contributed by atoms with van der Waals surface area (Å²) in [4.78, 5) is 16.2. The summed E-state index contributed by atoms with van der Waals surface area (Å²) in [6.07, 6.45) is 0.962. The molecule has 0 amide bonds. The van der Waals surface area contributed by atoms with Crippen LogP contribution in [0.4, 0.5) is 11.5 Å². The molecule has 9 nitrogen and oxygen atoms in total. The Bertz CT molecular complexity index is 1470. The third-order valence-electron chi connectivity index (χ3n) is 7.62. The zero-order chi connectivity index (χ0) is 27.7. The minimum Gasteiger partial charge on any atom is -0.507 e. The Kier molecular flexibility index (Phi) is 7.27. The minimum atomic E-state index is -0.258. The molecule has 0 saturated carbocycles. The summed E-state index contributed by atoms with van der Waals surface area (Å²) in [5, 5.41) is 24.2. The minimum absolute atomic E-state index is 0.175. The van der Waals surface area contributed by atoms with Gasteiger partial charge in [0.25, 0.3) is 0 Å². The molecule has 1 spiro atoms. The summed E-state index contributed by atoms with van der Waals surface area (Å²) in [7, 11) is 3.25. The zero-order valence-electron chi connectivity index (χ0n) is 23.1. The smallest absolute Gasteiger partial charge is 0.175 e. The molecule has 2 aromatic heterocycles. The Morgan fingerprint density at radius 1 is 1.03 bits per heavy atom. The Morgan fingerprint density at radius 2 is 1.72 bits per heavy atom. The molecule has 4 aromatic rings. The molecule has 2 fully saturated rings. The molecule has 204 valence electrons. The maximum Gasteiger partial charge on any atom is 0.175 e. The molecular formula is C30H35N5O4. The number of nitrogens with zero attached hydrogens (tertiary/aromatic N) is 5. The number of benzene rings is 2. The van der Waals surface area contributed by atoms with Gasteiger partial charge in [0.15, 0.2) is 11.6 Å². The molecule has 0 radical (unpaired) electrons. The van der Waals surface area contributed by atoms with E-state index in [4.69, 9.17) is 4.52 Å². The molecule has 0 bridgehead atoms. The average Bonchev–Trinajstić information content (AvgIpc) is 3.23. The summed E-state index contributed by atoms with van der Waals surface area (Å²) in [5.74, 6) is 1.67. The molecule has 2 aromatic carbocycles. The number of phenols is 1. The van der Waals surface area contributed by atoms with Crippen LogP contribution in [0, 0.1) is 18.3 Å². The number of rotatable bonds is 6. The van der Waals surface area contributed by atoms with E-state index in [1.165, 1.54) is 0 Å². The van der Waals surface area contributed by atoms with Crippen LogP contribution in [0.5, 0.6) is 5.75 Å². The Hall–Kier alpha value is -3.98. The average molecular weight is 530 g/mol. The number of anilines is 2. The van der Waals surface area contributed by atoms with Gasteiger partial charge < -0.3 is 29.0 Å². The van der Waals surface area contributed by atoms with Gasteiger partial charge in [0.05, 0.1) is 17.1 Å². The van der Waals surface area contributed by atoms with Crippen molar-refractivity contribution >= 4 is 28.7 Å². The van der Waals surface area contributed by atoms with E-state index >= 15 is 0 Å². The summed E-state index contributed by atoms with van der Waals surface area (Å²) < 4.78 is 9.85. The molecular weight excluding hydrogens is 494 g/mol. The van der Waals surface area contributed by atoms with Gasteiger partial charge in [-0.05, 0) is 43.2 Å². The van der Waals surface area contributed by atoms with Crippen molar-refractivity contribution in [2.45, 2.75) is 26.7 Å². The first-order valence-corrected chi connectivity index (χ1v) is 13.2. The monoisotopic (exact) mass is 529 g/mol. The van der Waals surface area contributed by atoms with Gasteiger partial charge in [-0.2, -0.15) is 0 Å². The number of hydrogen-bond donors (Lipinski definition) is 1. The third kappa shape index (κ3) is 4.94. The summed E-state index contributed by atoms with van der Waals surface area (Å²) in [5.41, 5.74) is 4.54. The maximum atomic E-state index is 11.5. The van der Waals surface area contributed by atoms with Crippen LogP contribution in [0.3, 0.4) is 0 Å². The first kappa shape index (κ1) is 26.6. The van der Waals surface area contributed by atoms with E-state index in [0.29, 0.717) is 17.0 Å². The van der Waals surface area contributed by atoms with Crippen molar-refractivity contribution < 1.29 is 19.2 Å². The molecule has 9 heteroatoms. The summed E-state index contributed by atoms with van der Waals surface area (Å²) in [6, 6.07) is 15.4. The second kappa shape index (κ2) is 10.6. The zero-order valence-corrected chi connectivity index (χ0v) is 23.1. The Balaban J connectivity index is 0.000000983. The SMILES string of the molecule is COC.Cc1c(N2CC3(CN(c4ccc5cc(-c6ccccc6O)nnc5c4)C3)C2)noc1C(C=O)C(C)C. The van der Waals surface area contributed by atoms with Crippen LogP contribution in [0.25, 0.3) is 22.2 Å². The van der Waals surface area contributed by atoms with Crippen molar-refractivity contribution in [1.82, 2.24) is 15.4 Å². The predicted molar refractivity (Wildman–Crippen MR) is 151 cm³/mol. The first-order valence-electron chi connectivity index (χ1n) is 13.2. The lowest BCUT2D eigenvalue weighted by Gasteiger charge is -2.61. The maximum absolute atomic E-state index is 11.5. The van der Waals surface area contributed by atoms with E-state index in [0.717, 1.165) is 60.4 Å². The van der Waals surface area contributed by atoms with Gasteiger partial charge in [-0.25, -0.2) is 0 Å². The van der Waals surface area contributed by atoms with Crippen molar-refractivity contribution in [1.29, 1.82) is 0 Å². The Labute approximate surface area is 228 Å². The van der Waals surface area contributed by atoms with E-state index in [1.807, 2.05) is 39.0 Å². The van der Waals surface area contributed by atoms with E-state index in [-0.39, 0.29) is 23.0 Å². The highest BCUT2D eigenvalue weighted by Gasteiger charge is 2.53. The Morgan fingerprint density at radius 3 is 2.38 bits per heavy atom. The highest BCUT2D eigenvalue weighted by Crippen LogP contribution is 2.45. The molecule has 39 heavy (non-hydrogen) atoms. The molecule has 2 aliphatic heterocycles. The predicted octanol–water partition coefficient (Wildman–Crippen LogP) is 4.83. The fourth-order valence-corrected chi connectivity index (χ4v) is 5.57. The topological polar surface area (TPSA) is 105 Å². The number of para-hydroxylation sites is 1. The number of phenolic OH excluding ortho intramolecular Hbond substituents is 1. The second-order valence-electron chi connectivity index (χ2n) is 11.0. The van der Waals surface area contributed by atoms with Gasteiger partial charge in [0.2, 0.25) is 0 Å². The van der Waals surface area contributed by atoms with Crippen LogP contribution >= 0.6 is 0 Å². The number of carbonyl (C=O) groups is 1. The fraction of sp³-hybridized carbons (Fsp3) is 0.400. The van der Waals surface area contributed by atoms with Crippen molar-refractivity contribution in [2.75, 3.05) is 50.2 Å². The van der Waals surface area contributed by atoms with Crippen LogP contribution in [-0.2, 0) is 9.53 Å². The van der Waals surface area contributed by atoms with Gasteiger partial charge in [-0.1, -0.05) is 37.2 Å². The molecule has 4 heterocycles. The van der Waals surface area contributed by atoms with Gasteiger partial charge in [0, 0.05) is 68.0 Å². The quantitative estimate of drug-likeness (QED) is 0.352. The largest absolute Gasteiger partial charge is 0.507 e. The summed E-state index contributed by atoms with van der Waals surface area (Å²) in [6.45, 7) is 9.86. The highest BCUT2D eigenvalue weighted by molar-refractivity contribution is 5.85. The van der Waals surface area contributed by atoms with Crippen LogP contribution in [0.1, 0.15) is 31.1 Å². The second-order valence-corrected chi connectivity index (χ2v) is 11.0. The molecule has 6 rings (SSSR count). The first-order chi connectivity index (χ1) is 18.8. The number of hydrogen-bond acceptors (Lipinski definition) is 9. The number of aldehydes is 1. The lowest BCUT2D eigenvalue weighted by molar-refractivity contribution is -0.110. The molecule has 1 atom stereocenters. The van der Waals surface area contributed by atoms with Crippen molar-refractivity contribution in [3.63, 3.8) is 0 Å². The lowest BCUT2D eigenvalue weighted by atomic mass is 9.72.